The SMILES string of the molecule is COc1ccc(S(=O)(=O)N[C@@H](C)C(=O)NC(C)c2nc(C3CCCCC3)no2)cc1. The zero-order valence-electron chi connectivity index (χ0n) is 17.4. The summed E-state index contributed by atoms with van der Waals surface area (Å²) in [6.07, 6.45) is 5.64. The van der Waals surface area contributed by atoms with E-state index in [1.807, 2.05) is 0 Å². The van der Waals surface area contributed by atoms with Crippen LogP contribution in [0.4, 0.5) is 0 Å². The summed E-state index contributed by atoms with van der Waals surface area (Å²) >= 11 is 0. The molecule has 1 fully saturated rings. The third-order valence-corrected chi connectivity index (χ3v) is 6.81. The van der Waals surface area contributed by atoms with Gasteiger partial charge in [-0.25, -0.2) is 8.42 Å². The maximum atomic E-state index is 12.5. The molecule has 1 aliphatic carbocycles. The number of aromatic nitrogens is 2. The summed E-state index contributed by atoms with van der Waals surface area (Å²) < 4.78 is 37.7. The summed E-state index contributed by atoms with van der Waals surface area (Å²) in [5.74, 6) is 1.35. The van der Waals surface area contributed by atoms with Gasteiger partial charge in [-0.05, 0) is 51.0 Å². The number of nitrogens with zero attached hydrogens (tertiary/aromatic N) is 2. The van der Waals surface area contributed by atoms with Gasteiger partial charge in [-0.15, -0.1) is 0 Å². The van der Waals surface area contributed by atoms with Gasteiger partial charge in [0.05, 0.1) is 18.0 Å². The van der Waals surface area contributed by atoms with Gasteiger partial charge in [0.2, 0.25) is 21.8 Å². The fourth-order valence-corrected chi connectivity index (χ4v) is 4.66. The molecule has 164 valence electrons. The summed E-state index contributed by atoms with van der Waals surface area (Å²) in [5.41, 5.74) is 0. The average Bonchev–Trinajstić information content (AvgIpc) is 3.24. The third-order valence-electron chi connectivity index (χ3n) is 5.25. The number of hydrogen-bond acceptors (Lipinski definition) is 7. The molecule has 1 aliphatic rings. The highest BCUT2D eigenvalue weighted by Crippen LogP contribution is 2.31. The van der Waals surface area contributed by atoms with Crippen LogP contribution in [0.5, 0.6) is 5.75 Å². The summed E-state index contributed by atoms with van der Waals surface area (Å²) in [5, 5.41) is 6.79. The Morgan fingerprint density at radius 2 is 1.83 bits per heavy atom. The number of sulfonamides is 1. The Labute approximate surface area is 176 Å². The van der Waals surface area contributed by atoms with Crippen LogP contribution in [0.15, 0.2) is 33.7 Å². The zero-order chi connectivity index (χ0) is 21.7. The van der Waals surface area contributed by atoms with E-state index in [2.05, 4.69) is 20.2 Å². The lowest BCUT2D eigenvalue weighted by Crippen LogP contribution is -2.45. The van der Waals surface area contributed by atoms with Crippen molar-refractivity contribution >= 4 is 15.9 Å². The largest absolute Gasteiger partial charge is 0.497 e. The molecule has 0 spiro atoms. The van der Waals surface area contributed by atoms with Crippen LogP contribution in [0.2, 0.25) is 0 Å². The van der Waals surface area contributed by atoms with Crippen LogP contribution in [0.3, 0.4) is 0 Å². The van der Waals surface area contributed by atoms with Gasteiger partial charge in [-0.2, -0.15) is 9.71 Å². The highest BCUT2D eigenvalue weighted by molar-refractivity contribution is 7.89. The first-order valence-corrected chi connectivity index (χ1v) is 11.6. The monoisotopic (exact) mass is 436 g/mol. The molecule has 0 saturated heterocycles. The second-order valence-electron chi connectivity index (χ2n) is 7.57. The number of ether oxygens (including phenoxy) is 1. The van der Waals surface area contributed by atoms with Crippen LogP contribution < -0.4 is 14.8 Å². The number of carbonyl (C=O) groups excluding carboxylic acids is 1. The van der Waals surface area contributed by atoms with Gasteiger partial charge in [-0.3, -0.25) is 4.79 Å². The number of methoxy groups -OCH3 is 1. The Morgan fingerprint density at radius 1 is 1.17 bits per heavy atom. The van der Waals surface area contributed by atoms with E-state index in [0.717, 1.165) is 25.7 Å². The number of carbonyl (C=O) groups is 1. The predicted molar refractivity (Wildman–Crippen MR) is 109 cm³/mol. The van der Waals surface area contributed by atoms with Gasteiger partial charge in [0.25, 0.3) is 0 Å². The molecule has 9 nitrogen and oxygen atoms in total. The van der Waals surface area contributed by atoms with E-state index < -0.39 is 28.0 Å². The number of rotatable bonds is 8. The van der Waals surface area contributed by atoms with Gasteiger partial charge in [0.15, 0.2) is 5.82 Å². The van der Waals surface area contributed by atoms with E-state index in [4.69, 9.17) is 9.26 Å². The lowest BCUT2D eigenvalue weighted by Gasteiger charge is -2.18. The quantitative estimate of drug-likeness (QED) is 0.652. The van der Waals surface area contributed by atoms with E-state index in [9.17, 15) is 13.2 Å². The van der Waals surface area contributed by atoms with Crippen molar-refractivity contribution in [3.8, 4) is 5.75 Å². The van der Waals surface area contributed by atoms with Gasteiger partial charge in [0, 0.05) is 5.92 Å². The highest BCUT2D eigenvalue weighted by atomic mass is 32.2. The molecule has 1 amide bonds. The molecule has 10 heteroatoms. The normalized spacial score (nSPS) is 17.3. The van der Waals surface area contributed by atoms with E-state index in [1.165, 1.54) is 32.6 Å². The summed E-state index contributed by atoms with van der Waals surface area (Å²) in [4.78, 5) is 17.0. The first-order chi connectivity index (χ1) is 14.3. The zero-order valence-corrected chi connectivity index (χ0v) is 18.2. The van der Waals surface area contributed by atoms with Crippen molar-refractivity contribution in [3.05, 3.63) is 36.0 Å². The van der Waals surface area contributed by atoms with Crippen molar-refractivity contribution < 1.29 is 22.5 Å². The first kappa shape index (κ1) is 22.2. The molecule has 30 heavy (non-hydrogen) atoms. The Bertz CT molecular complexity index is 952. The smallest absolute Gasteiger partial charge is 0.248 e. The number of benzene rings is 1. The average molecular weight is 437 g/mol. The molecule has 3 rings (SSSR count). The van der Waals surface area contributed by atoms with Crippen LogP contribution >= 0.6 is 0 Å². The van der Waals surface area contributed by atoms with Gasteiger partial charge >= 0.3 is 0 Å². The molecular formula is C20H28N4O5S. The number of hydrogen-bond donors (Lipinski definition) is 2. The summed E-state index contributed by atoms with van der Waals surface area (Å²) in [6, 6.07) is 4.40. The van der Waals surface area contributed by atoms with Crippen LogP contribution in [0, 0.1) is 0 Å². The first-order valence-electron chi connectivity index (χ1n) is 10.1. The van der Waals surface area contributed by atoms with Crippen molar-refractivity contribution in [1.29, 1.82) is 0 Å². The van der Waals surface area contributed by atoms with Crippen molar-refractivity contribution in [2.75, 3.05) is 7.11 Å². The van der Waals surface area contributed by atoms with Gasteiger partial charge < -0.3 is 14.6 Å². The van der Waals surface area contributed by atoms with Crippen molar-refractivity contribution in [2.45, 2.75) is 68.8 Å². The van der Waals surface area contributed by atoms with Crippen LogP contribution in [-0.2, 0) is 14.8 Å². The topological polar surface area (TPSA) is 123 Å². The third kappa shape index (κ3) is 5.37. The van der Waals surface area contributed by atoms with Gasteiger partial charge in [-0.1, -0.05) is 24.4 Å². The number of nitrogens with one attached hydrogen (secondary N) is 2. The van der Waals surface area contributed by atoms with Crippen molar-refractivity contribution in [2.24, 2.45) is 0 Å². The molecular weight excluding hydrogens is 408 g/mol. The summed E-state index contributed by atoms with van der Waals surface area (Å²) in [7, 11) is -2.36. The molecule has 0 radical (unpaired) electrons. The minimum absolute atomic E-state index is 0.0463. The fraction of sp³-hybridized carbons (Fsp3) is 0.550. The highest BCUT2D eigenvalue weighted by Gasteiger charge is 2.26. The lowest BCUT2D eigenvalue weighted by molar-refractivity contribution is -0.123. The van der Waals surface area contributed by atoms with Crippen molar-refractivity contribution in [1.82, 2.24) is 20.2 Å². The Balaban J connectivity index is 1.58. The molecule has 1 saturated carbocycles. The fourth-order valence-electron chi connectivity index (χ4n) is 3.46. The van der Waals surface area contributed by atoms with Gasteiger partial charge in [0.1, 0.15) is 11.8 Å². The molecule has 2 N–H and O–H groups in total. The van der Waals surface area contributed by atoms with E-state index in [-0.39, 0.29) is 4.90 Å². The Hall–Kier alpha value is -2.46. The van der Waals surface area contributed by atoms with E-state index in [0.29, 0.717) is 23.4 Å². The van der Waals surface area contributed by atoms with Crippen LogP contribution in [0.25, 0.3) is 0 Å². The molecule has 0 aliphatic heterocycles. The molecule has 1 aromatic heterocycles. The van der Waals surface area contributed by atoms with E-state index in [1.54, 1.807) is 19.1 Å². The maximum Gasteiger partial charge on any atom is 0.248 e. The standard InChI is InChI=1S/C20H28N4O5S/c1-13(24-30(26,27)17-11-9-16(28-3)10-12-17)19(25)21-14(2)20-22-18(23-29-20)15-7-5-4-6-8-15/h9-15,24H,4-8H2,1-3H3,(H,21,25)/t13-,14?/m0/s1. The van der Waals surface area contributed by atoms with Crippen LogP contribution in [0.1, 0.15) is 69.6 Å². The number of amides is 1. The van der Waals surface area contributed by atoms with Crippen LogP contribution in [-0.4, -0.2) is 37.6 Å². The van der Waals surface area contributed by atoms with Crippen molar-refractivity contribution in [3.63, 3.8) is 0 Å². The Kier molecular flexibility index (Phi) is 7.09. The maximum absolute atomic E-state index is 12.5. The lowest BCUT2D eigenvalue weighted by atomic mass is 9.89. The molecule has 1 unspecified atom stereocenters. The molecule has 2 aromatic rings. The molecule has 1 heterocycles. The second kappa shape index (κ2) is 9.57. The second-order valence-corrected chi connectivity index (χ2v) is 9.29. The minimum atomic E-state index is -3.86. The Morgan fingerprint density at radius 3 is 2.47 bits per heavy atom. The minimum Gasteiger partial charge on any atom is -0.497 e. The predicted octanol–water partition coefficient (Wildman–Crippen LogP) is 2.67. The molecule has 1 aromatic carbocycles. The molecule has 0 bridgehead atoms. The summed E-state index contributed by atoms with van der Waals surface area (Å²) in [6.45, 7) is 3.20. The van der Waals surface area contributed by atoms with E-state index >= 15 is 0 Å². The molecule has 2 atom stereocenters.